The van der Waals surface area contributed by atoms with Gasteiger partial charge in [0.05, 0.1) is 6.61 Å². The number of aliphatic hydroxyl groups excluding tert-OH is 1. The van der Waals surface area contributed by atoms with Crippen molar-refractivity contribution in [1.82, 2.24) is 4.98 Å². The average molecular weight is 244 g/mol. The van der Waals surface area contributed by atoms with E-state index in [2.05, 4.69) is 4.98 Å². The Labute approximate surface area is 99.2 Å². The van der Waals surface area contributed by atoms with Crippen LogP contribution in [0.3, 0.4) is 0 Å². The molecule has 88 valence electrons. The molecule has 1 aromatic rings. The Morgan fingerprint density at radius 2 is 2.56 bits per heavy atom. The molecule has 2 atom stereocenters. The lowest BCUT2D eigenvalue weighted by Gasteiger charge is -2.14. The molecule has 16 heavy (non-hydrogen) atoms. The van der Waals surface area contributed by atoms with Gasteiger partial charge in [0.1, 0.15) is 10.9 Å². The van der Waals surface area contributed by atoms with Gasteiger partial charge in [-0.2, -0.15) is 0 Å². The first-order valence-corrected chi connectivity index (χ1v) is 5.66. The molecular weight excluding hydrogens is 230 g/mol. The molecule has 0 fully saturated rings. The topological polar surface area (TPSA) is 51.6 Å². The number of rotatable bonds is 4. The van der Waals surface area contributed by atoms with E-state index in [-0.39, 0.29) is 5.92 Å². The summed E-state index contributed by atoms with van der Waals surface area (Å²) in [5.74, 6) is 0.884. The van der Waals surface area contributed by atoms with E-state index in [0.717, 1.165) is 11.3 Å². The second-order valence-corrected chi connectivity index (χ2v) is 4.09. The van der Waals surface area contributed by atoms with E-state index in [1.54, 1.807) is 12.3 Å². The molecule has 5 heteroatoms. The maximum Gasteiger partial charge on any atom is 0.155 e. The van der Waals surface area contributed by atoms with Gasteiger partial charge in [0, 0.05) is 36.8 Å². The maximum absolute atomic E-state index is 9.57. The van der Waals surface area contributed by atoms with Gasteiger partial charge in [-0.3, -0.25) is 0 Å². The van der Waals surface area contributed by atoms with Crippen LogP contribution in [0.5, 0.6) is 5.75 Å². The van der Waals surface area contributed by atoms with Crippen molar-refractivity contribution in [3.05, 3.63) is 23.0 Å². The van der Waals surface area contributed by atoms with E-state index in [4.69, 9.17) is 21.1 Å². The van der Waals surface area contributed by atoms with Crippen molar-refractivity contribution in [2.24, 2.45) is 0 Å². The average Bonchev–Trinajstić information content (AvgIpc) is 2.61. The third-order valence-corrected chi connectivity index (χ3v) is 2.79. The summed E-state index contributed by atoms with van der Waals surface area (Å²) in [5, 5.41) is 9.99. The van der Waals surface area contributed by atoms with Crippen molar-refractivity contribution in [3.63, 3.8) is 0 Å². The Morgan fingerprint density at radius 1 is 1.75 bits per heavy atom. The number of aliphatic hydroxyl groups is 1. The molecule has 1 aliphatic heterocycles. The fourth-order valence-electron chi connectivity index (χ4n) is 1.83. The van der Waals surface area contributed by atoms with Crippen molar-refractivity contribution in [1.29, 1.82) is 0 Å². The first-order valence-electron chi connectivity index (χ1n) is 5.28. The molecule has 4 nitrogen and oxygen atoms in total. The fraction of sp³-hybridized carbons (Fsp3) is 0.545. The van der Waals surface area contributed by atoms with E-state index >= 15 is 0 Å². The molecule has 1 aromatic heterocycles. The third-order valence-electron chi connectivity index (χ3n) is 2.59. The minimum atomic E-state index is -0.750. The standard InChI is InChI=1S/C11H14ClNO3/c1-2-15-11(14)3-7-6-16-9-4-10(12)13-5-8(7)9/h4-5,7,11,14H,2-3,6H2,1H3. The zero-order valence-corrected chi connectivity index (χ0v) is 9.78. The van der Waals surface area contributed by atoms with Crippen LogP contribution >= 0.6 is 11.6 Å². The van der Waals surface area contributed by atoms with Gasteiger partial charge >= 0.3 is 0 Å². The Balaban J connectivity index is 2.06. The van der Waals surface area contributed by atoms with E-state index in [0.29, 0.717) is 24.8 Å². The second kappa shape index (κ2) is 4.99. The van der Waals surface area contributed by atoms with Crippen molar-refractivity contribution in [2.75, 3.05) is 13.2 Å². The predicted molar refractivity (Wildman–Crippen MR) is 59.7 cm³/mol. The van der Waals surface area contributed by atoms with E-state index in [1.165, 1.54) is 0 Å². The molecular formula is C11H14ClNO3. The van der Waals surface area contributed by atoms with Crippen LogP contribution in [0, 0.1) is 0 Å². The number of hydrogen-bond acceptors (Lipinski definition) is 4. The zero-order valence-electron chi connectivity index (χ0n) is 9.02. The number of halogens is 1. The van der Waals surface area contributed by atoms with Gasteiger partial charge in [-0.05, 0) is 6.92 Å². The lowest BCUT2D eigenvalue weighted by molar-refractivity contribution is -0.102. The lowest BCUT2D eigenvalue weighted by atomic mass is 9.99. The minimum Gasteiger partial charge on any atom is -0.492 e. The number of nitrogens with zero attached hydrogens (tertiary/aromatic N) is 1. The Hall–Kier alpha value is -0.840. The molecule has 0 saturated heterocycles. The summed E-state index contributed by atoms with van der Waals surface area (Å²) in [4.78, 5) is 4.02. The number of ether oxygens (including phenoxy) is 2. The number of fused-ring (bicyclic) bond motifs is 1. The molecule has 1 N–H and O–H groups in total. The van der Waals surface area contributed by atoms with Crippen molar-refractivity contribution >= 4 is 11.6 Å². The first-order chi connectivity index (χ1) is 7.70. The van der Waals surface area contributed by atoms with Crippen LogP contribution in [0.1, 0.15) is 24.8 Å². The van der Waals surface area contributed by atoms with Crippen LogP contribution in [0.15, 0.2) is 12.3 Å². The monoisotopic (exact) mass is 243 g/mol. The predicted octanol–water partition coefficient (Wildman–Crippen LogP) is 1.96. The van der Waals surface area contributed by atoms with Crippen molar-refractivity contribution in [3.8, 4) is 5.75 Å². The molecule has 2 unspecified atom stereocenters. The van der Waals surface area contributed by atoms with E-state index in [9.17, 15) is 5.11 Å². The highest BCUT2D eigenvalue weighted by Crippen LogP contribution is 2.37. The smallest absolute Gasteiger partial charge is 0.155 e. The van der Waals surface area contributed by atoms with Crippen LogP contribution in [0.2, 0.25) is 5.15 Å². The van der Waals surface area contributed by atoms with Gasteiger partial charge < -0.3 is 14.6 Å². The molecule has 2 rings (SSSR count). The summed E-state index contributed by atoms with van der Waals surface area (Å²) in [5.41, 5.74) is 0.989. The summed E-state index contributed by atoms with van der Waals surface area (Å²) in [6, 6.07) is 1.70. The largest absolute Gasteiger partial charge is 0.492 e. The van der Waals surface area contributed by atoms with Crippen LogP contribution in [0.4, 0.5) is 0 Å². The van der Waals surface area contributed by atoms with Gasteiger partial charge in [-0.1, -0.05) is 11.6 Å². The molecule has 0 radical (unpaired) electrons. The van der Waals surface area contributed by atoms with Crippen molar-refractivity contribution in [2.45, 2.75) is 25.6 Å². The number of pyridine rings is 1. The highest BCUT2D eigenvalue weighted by molar-refractivity contribution is 6.29. The molecule has 0 amide bonds. The fourth-order valence-corrected chi connectivity index (χ4v) is 1.98. The Bertz CT molecular complexity index is 372. The normalized spacial score (nSPS) is 20.3. The zero-order chi connectivity index (χ0) is 11.5. The molecule has 0 saturated carbocycles. The molecule has 0 aromatic carbocycles. The molecule has 1 aliphatic rings. The van der Waals surface area contributed by atoms with Gasteiger partial charge in [-0.15, -0.1) is 0 Å². The van der Waals surface area contributed by atoms with Crippen LogP contribution in [0.25, 0.3) is 0 Å². The highest BCUT2D eigenvalue weighted by atomic mass is 35.5. The molecule has 0 bridgehead atoms. The van der Waals surface area contributed by atoms with Crippen LogP contribution in [-0.2, 0) is 4.74 Å². The maximum atomic E-state index is 9.57. The summed E-state index contributed by atoms with van der Waals surface area (Å²) in [6.45, 7) is 2.89. The molecule has 2 heterocycles. The van der Waals surface area contributed by atoms with Crippen molar-refractivity contribution < 1.29 is 14.6 Å². The second-order valence-electron chi connectivity index (χ2n) is 3.70. The molecule has 0 spiro atoms. The third kappa shape index (κ3) is 2.45. The first kappa shape index (κ1) is 11.6. The van der Waals surface area contributed by atoms with Crippen LogP contribution in [-0.4, -0.2) is 29.6 Å². The lowest BCUT2D eigenvalue weighted by Crippen LogP contribution is -2.16. The summed E-state index contributed by atoms with van der Waals surface area (Å²) < 4.78 is 10.6. The summed E-state index contributed by atoms with van der Waals surface area (Å²) in [6.07, 6.45) is 1.47. The Kier molecular flexibility index (Phi) is 3.63. The van der Waals surface area contributed by atoms with E-state index < -0.39 is 6.29 Å². The minimum absolute atomic E-state index is 0.126. The summed E-state index contributed by atoms with van der Waals surface area (Å²) >= 11 is 5.76. The summed E-state index contributed by atoms with van der Waals surface area (Å²) in [7, 11) is 0. The Morgan fingerprint density at radius 3 is 3.31 bits per heavy atom. The van der Waals surface area contributed by atoms with Gasteiger partial charge in [0.15, 0.2) is 6.29 Å². The quantitative estimate of drug-likeness (QED) is 0.649. The molecule has 0 aliphatic carbocycles. The number of aromatic nitrogens is 1. The van der Waals surface area contributed by atoms with E-state index in [1.807, 2.05) is 6.92 Å². The van der Waals surface area contributed by atoms with Gasteiger partial charge in [0.2, 0.25) is 0 Å². The SMILES string of the molecule is CCOC(O)CC1COc2cc(Cl)ncc21. The van der Waals surface area contributed by atoms with Gasteiger partial charge in [0.25, 0.3) is 0 Å². The van der Waals surface area contributed by atoms with Gasteiger partial charge in [-0.25, -0.2) is 4.98 Å². The van der Waals surface area contributed by atoms with Crippen LogP contribution < -0.4 is 4.74 Å². The highest BCUT2D eigenvalue weighted by Gasteiger charge is 2.27. The number of hydrogen-bond donors (Lipinski definition) is 1.